The van der Waals surface area contributed by atoms with E-state index in [2.05, 4.69) is 0 Å². The van der Waals surface area contributed by atoms with Gasteiger partial charge in [0.1, 0.15) is 0 Å². The fraction of sp³-hybridized carbons (Fsp3) is 0.667. The summed E-state index contributed by atoms with van der Waals surface area (Å²) >= 11 is 0. The Labute approximate surface area is 36.7 Å². The SMILES string of the molecule is CN(C=O)CN. The Kier molecular flexibility index (Phi) is 2.40. The Morgan fingerprint density at radius 1 is 2.00 bits per heavy atom. The quantitative estimate of drug-likeness (QED) is 0.347. The first kappa shape index (κ1) is 5.43. The Morgan fingerprint density at radius 3 is 2.50 bits per heavy atom. The maximum Gasteiger partial charge on any atom is 0.210 e. The monoisotopic (exact) mass is 88.1 g/mol. The molecule has 0 spiro atoms. The molecular formula is C3H8N2O. The predicted octanol–water partition coefficient (Wildman–Crippen LogP) is -1.01. The molecule has 0 aromatic rings. The molecule has 0 radical (unpaired) electrons. The van der Waals surface area contributed by atoms with E-state index < -0.39 is 0 Å². The minimum absolute atomic E-state index is 0.295. The van der Waals surface area contributed by atoms with Crippen molar-refractivity contribution in [3.63, 3.8) is 0 Å². The van der Waals surface area contributed by atoms with E-state index in [0.717, 1.165) is 0 Å². The fourth-order valence-corrected chi connectivity index (χ4v) is 0.0430. The molecule has 0 aromatic heterocycles. The van der Waals surface area contributed by atoms with Crippen LogP contribution < -0.4 is 5.73 Å². The highest BCUT2D eigenvalue weighted by atomic mass is 16.1. The second kappa shape index (κ2) is 2.66. The van der Waals surface area contributed by atoms with Crippen LogP contribution >= 0.6 is 0 Å². The number of carbonyl (C=O) groups is 1. The predicted molar refractivity (Wildman–Crippen MR) is 22.9 cm³/mol. The van der Waals surface area contributed by atoms with Crippen molar-refractivity contribution >= 4 is 6.41 Å². The van der Waals surface area contributed by atoms with Gasteiger partial charge >= 0.3 is 0 Å². The van der Waals surface area contributed by atoms with Gasteiger partial charge in [-0.05, 0) is 0 Å². The highest BCUT2D eigenvalue weighted by molar-refractivity contribution is 5.45. The van der Waals surface area contributed by atoms with Crippen molar-refractivity contribution < 1.29 is 4.79 Å². The van der Waals surface area contributed by atoms with Crippen molar-refractivity contribution in [3.05, 3.63) is 0 Å². The van der Waals surface area contributed by atoms with Gasteiger partial charge in [0.15, 0.2) is 0 Å². The van der Waals surface area contributed by atoms with E-state index in [1.165, 1.54) is 4.90 Å². The first-order chi connectivity index (χ1) is 2.81. The molecule has 0 atom stereocenters. The second-order valence-electron chi connectivity index (χ2n) is 1.04. The molecule has 0 saturated heterocycles. The van der Waals surface area contributed by atoms with E-state index in [1.54, 1.807) is 7.05 Å². The molecule has 0 saturated carbocycles. The third-order valence-electron chi connectivity index (χ3n) is 0.468. The molecule has 0 heterocycles. The summed E-state index contributed by atoms with van der Waals surface area (Å²) in [4.78, 5) is 10.9. The van der Waals surface area contributed by atoms with E-state index in [-0.39, 0.29) is 0 Å². The van der Waals surface area contributed by atoms with Gasteiger partial charge in [0, 0.05) is 7.05 Å². The molecule has 0 aliphatic rings. The molecule has 2 N–H and O–H groups in total. The summed E-state index contributed by atoms with van der Waals surface area (Å²) in [5.41, 5.74) is 4.98. The lowest BCUT2D eigenvalue weighted by Crippen LogP contribution is -2.23. The minimum atomic E-state index is 0.295. The largest absolute Gasteiger partial charge is 0.336 e. The van der Waals surface area contributed by atoms with Crippen LogP contribution in [0.15, 0.2) is 0 Å². The molecule has 0 aliphatic heterocycles. The van der Waals surface area contributed by atoms with Crippen LogP contribution in [0, 0.1) is 0 Å². The summed E-state index contributed by atoms with van der Waals surface area (Å²) in [6, 6.07) is 0. The van der Waals surface area contributed by atoms with E-state index in [4.69, 9.17) is 5.73 Å². The lowest BCUT2D eigenvalue weighted by Gasteiger charge is -2.01. The van der Waals surface area contributed by atoms with Gasteiger partial charge in [-0.1, -0.05) is 0 Å². The van der Waals surface area contributed by atoms with Crippen LogP contribution in [0.25, 0.3) is 0 Å². The molecule has 0 aliphatic carbocycles. The Morgan fingerprint density at radius 2 is 2.50 bits per heavy atom. The van der Waals surface area contributed by atoms with Gasteiger partial charge in [-0.2, -0.15) is 0 Å². The summed E-state index contributed by atoms with van der Waals surface area (Å²) < 4.78 is 0. The third kappa shape index (κ3) is 1.72. The van der Waals surface area contributed by atoms with Crippen LogP contribution in [0.4, 0.5) is 0 Å². The number of carbonyl (C=O) groups excluding carboxylic acids is 1. The standard InChI is InChI=1S/C3H8N2O/c1-5(2-4)3-6/h3H,2,4H2,1H3. The first-order valence-corrected chi connectivity index (χ1v) is 1.67. The number of hydrogen-bond donors (Lipinski definition) is 1. The van der Waals surface area contributed by atoms with Gasteiger partial charge in [0.05, 0.1) is 6.67 Å². The summed E-state index contributed by atoms with van der Waals surface area (Å²) in [7, 11) is 1.62. The number of rotatable bonds is 2. The van der Waals surface area contributed by atoms with Crippen molar-refractivity contribution in [1.29, 1.82) is 0 Å². The zero-order valence-electron chi connectivity index (χ0n) is 3.72. The third-order valence-corrected chi connectivity index (χ3v) is 0.468. The molecule has 3 nitrogen and oxygen atoms in total. The molecule has 0 unspecified atom stereocenters. The number of nitrogens with zero attached hydrogens (tertiary/aromatic N) is 1. The maximum absolute atomic E-state index is 9.58. The Balaban J connectivity index is 2.96. The van der Waals surface area contributed by atoms with Crippen molar-refractivity contribution in [2.75, 3.05) is 13.7 Å². The maximum atomic E-state index is 9.58. The molecule has 36 valence electrons. The molecule has 0 bridgehead atoms. The second-order valence-corrected chi connectivity index (χ2v) is 1.04. The highest BCUT2D eigenvalue weighted by Gasteiger charge is 1.79. The molecular weight excluding hydrogens is 80.0 g/mol. The summed E-state index contributed by atoms with van der Waals surface area (Å²) in [6.07, 6.45) is 0.681. The van der Waals surface area contributed by atoms with E-state index in [9.17, 15) is 4.79 Å². The number of nitrogens with two attached hydrogens (primary N) is 1. The highest BCUT2D eigenvalue weighted by Crippen LogP contribution is 1.59. The minimum Gasteiger partial charge on any atom is -0.336 e. The number of hydrogen-bond acceptors (Lipinski definition) is 2. The van der Waals surface area contributed by atoms with Gasteiger partial charge in [-0.3, -0.25) is 4.79 Å². The van der Waals surface area contributed by atoms with Crippen molar-refractivity contribution in [3.8, 4) is 0 Å². The molecule has 3 heteroatoms. The van der Waals surface area contributed by atoms with E-state index >= 15 is 0 Å². The van der Waals surface area contributed by atoms with Gasteiger partial charge < -0.3 is 10.6 Å². The fourth-order valence-electron chi connectivity index (χ4n) is 0.0430. The lowest BCUT2D eigenvalue weighted by atomic mass is 10.9. The molecule has 0 aromatic carbocycles. The van der Waals surface area contributed by atoms with Gasteiger partial charge in [-0.25, -0.2) is 0 Å². The summed E-state index contributed by atoms with van der Waals surface area (Å²) in [5.74, 6) is 0. The molecule has 1 amide bonds. The van der Waals surface area contributed by atoms with Crippen LogP contribution in [0.1, 0.15) is 0 Å². The molecule has 0 rings (SSSR count). The zero-order chi connectivity index (χ0) is 4.99. The average Bonchev–Trinajstić information content (AvgIpc) is 1.65. The van der Waals surface area contributed by atoms with Gasteiger partial charge in [0.2, 0.25) is 6.41 Å². The Hall–Kier alpha value is -0.570. The Bertz CT molecular complexity index is 46.1. The van der Waals surface area contributed by atoms with Crippen molar-refractivity contribution in [2.45, 2.75) is 0 Å². The molecule has 0 fully saturated rings. The van der Waals surface area contributed by atoms with Crippen molar-refractivity contribution in [2.24, 2.45) is 5.73 Å². The van der Waals surface area contributed by atoms with Crippen LogP contribution in [-0.2, 0) is 4.79 Å². The van der Waals surface area contributed by atoms with E-state index in [1.807, 2.05) is 0 Å². The van der Waals surface area contributed by atoms with Crippen LogP contribution in [0.2, 0.25) is 0 Å². The average molecular weight is 88.1 g/mol. The smallest absolute Gasteiger partial charge is 0.210 e. The van der Waals surface area contributed by atoms with E-state index in [0.29, 0.717) is 13.1 Å². The topological polar surface area (TPSA) is 46.3 Å². The van der Waals surface area contributed by atoms with Crippen LogP contribution in [0.3, 0.4) is 0 Å². The van der Waals surface area contributed by atoms with Crippen LogP contribution in [0.5, 0.6) is 0 Å². The lowest BCUT2D eigenvalue weighted by molar-refractivity contribution is -0.116. The summed E-state index contributed by atoms with van der Waals surface area (Å²) in [5, 5.41) is 0. The number of amides is 1. The normalized spacial score (nSPS) is 7.67. The zero-order valence-corrected chi connectivity index (χ0v) is 3.72. The summed E-state index contributed by atoms with van der Waals surface area (Å²) in [6.45, 7) is 0.295. The molecule has 6 heavy (non-hydrogen) atoms. The van der Waals surface area contributed by atoms with Gasteiger partial charge in [-0.15, -0.1) is 0 Å². The van der Waals surface area contributed by atoms with Crippen LogP contribution in [-0.4, -0.2) is 25.0 Å². The first-order valence-electron chi connectivity index (χ1n) is 1.67. The van der Waals surface area contributed by atoms with Crippen molar-refractivity contribution in [1.82, 2.24) is 4.90 Å². The van der Waals surface area contributed by atoms with Gasteiger partial charge in [0.25, 0.3) is 0 Å².